The average molecular weight is 261 g/mol. The summed E-state index contributed by atoms with van der Waals surface area (Å²) in [5.41, 5.74) is 0.600. The van der Waals surface area contributed by atoms with Gasteiger partial charge in [-0.15, -0.1) is 0 Å². The van der Waals surface area contributed by atoms with Crippen molar-refractivity contribution in [1.82, 2.24) is 4.98 Å². The Labute approximate surface area is 89.4 Å². The first-order chi connectivity index (χ1) is 6.65. The Morgan fingerprint density at radius 1 is 1.64 bits per heavy atom. The van der Waals surface area contributed by atoms with Gasteiger partial charge in [0.1, 0.15) is 5.69 Å². The third-order valence-corrected chi connectivity index (χ3v) is 1.81. The highest BCUT2D eigenvalue weighted by Crippen LogP contribution is 2.24. The van der Waals surface area contributed by atoms with E-state index in [0.717, 1.165) is 0 Å². The number of aromatic nitrogens is 1. The van der Waals surface area contributed by atoms with E-state index in [0.29, 0.717) is 17.6 Å². The van der Waals surface area contributed by atoms with Gasteiger partial charge in [-0.1, -0.05) is 15.9 Å². The maximum Gasteiger partial charge on any atom is 0.406 e. The normalized spacial score (nSPS) is 9.86. The number of pyridine rings is 1. The van der Waals surface area contributed by atoms with Gasteiger partial charge in [-0.2, -0.15) is 0 Å². The lowest BCUT2D eigenvalue weighted by molar-refractivity contribution is -0.390. The Bertz CT molecular complexity index is 343. The van der Waals surface area contributed by atoms with Gasteiger partial charge in [0.05, 0.1) is 6.61 Å². The molecule has 14 heavy (non-hydrogen) atoms. The average Bonchev–Trinajstić information content (AvgIpc) is 2.15. The van der Waals surface area contributed by atoms with Crippen molar-refractivity contribution < 1.29 is 9.66 Å². The third kappa shape index (κ3) is 2.66. The van der Waals surface area contributed by atoms with Gasteiger partial charge in [-0.25, -0.2) is 0 Å². The molecule has 6 heteroatoms. The first-order valence-corrected chi connectivity index (χ1v) is 5.08. The molecule has 1 aromatic heterocycles. The molecule has 1 aromatic rings. The smallest absolute Gasteiger partial charge is 0.406 e. The summed E-state index contributed by atoms with van der Waals surface area (Å²) in [6, 6.07) is 3.24. The van der Waals surface area contributed by atoms with E-state index in [9.17, 15) is 10.1 Å². The summed E-state index contributed by atoms with van der Waals surface area (Å²) in [6.45, 7) is 2.08. The molecule has 0 aliphatic rings. The summed E-state index contributed by atoms with van der Waals surface area (Å²) in [5.74, 6) is -0.0222. The first kappa shape index (κ1) is 10.9. The van der Waals surface area contributed by atoms with Crippen LogP contribution in [0.2, 0.25) is 0 Å². The van der Waals surface area contributed by atoms with Crippen LogP contribution in [0.25, 0.3) is 0 Å². The number of ether oxygens (including phenoxy) is 1. The van der Waals surface area contributed by atoms with E-state index >= 15 is 0 Å². The Morgan fingerprint density at radius 2 is 2.36 bits per heavy atom. The lowest BCUT2D eigenvalue weighted by Crippen LogP contribution is -2.03. The van der Waals surface area contributed by atoms with E-state index in [-0.39, 0.29) is 11.6 Å². The summed E-state index contributed by atoms with van der Waals surface area (Å²) < 4.78 is 5.15. The zero-order valence-corrected chi connectivity index (χ0v) is 9.15. The number of hydrogen-bond donors (Lipinski definition) is 0. The van der Waals surface area contributed by atoms with E-state index < -0.39 is 4.92 Å². The van der Waals surface area contributed by atoms with Crippen LogP contribution in [-0.4, -0.2) is 21.8 Å². The molecule has 5 nitrogen and oxygen atoms in total. The van der Waals surface area contributed by atoms with Crippen molar-refractivity contribution >= 4 is 21.7 Å². The molecule has 76 valence electrons. The zero-order chi connectivity index (χ0) is 10.6. The summed E-state index contributed by atoms with van der Waals surface area (Å²) in [6.07, 6.45) is 0. The number of rotatable bonds is 4. The molecule has 0 bridgehead atoms. The highest BCUT2D eigenvalue weighted by atomic mass is 79.9. The molecule has 0 fully saturated rings. The van der Waals surface area contributed by atoms with Gasteiger partial charge in [0, 0.05) is 12.3 Å². The second kappa shape index (κ2) is 4.90. The minimum Gasteiger partial charge on any atom is -0.485 e. The van der Waals surface area contributed by atoms with Crippen LogP contribution in [0, 0.1) is 17.0 Å². The van der Waals surface area contributed by atoms with E-state index in [1.165, 1.54) is 0 Å². The SMILES string of the molecule is Cc1ccc(OCCBr)c([N+](=O)[O-])n1. The molecule has 0 N–H and O–H groups in total. The van der Waals surface area contributed by atoms with Crippen molar-refractivity contribution in [2.45, 2.75) is 6.92 Å². The van der Waals surface area contributed by atoms with E-state index in [1.807, 2.05) is 0 Å². The van der Waals surface area contributed by atoms with E-state index in [2.05, 4.69) is 20.9 Å². The van der Waals surface area contributed by atoms with Crippen LogP contribution in [0.1, 0.15) is 5.69 Å². The topological polar surface area (TPSA) is 65.3 Å². The summed E-state index contributed by atoms with van der Waals surface area (Å²) in [5, 5.41) is 11.2. The molecule has 0 radical (unpaired) electrons. The quantitative estimate of drug-likeness (QED) is 0.472. The molecule has 0 spiro atoms. The molecule has 0 aromatic carbocycles. The summed E-state index contributed by atoms with van der Waals surface area (Å²) in [4.78, 5) is 13.8. The molecule has 0 amide bonds. The van der Waals surface area contributed by atoms with Crippen LogP contribution in [0.15, 0.2) is 12.1 Å². The van der Waals surface area contributed by atoms with Crippen molar-refractivity contribution in [2.75, 3.05) is 11.9 Å². The van der Waals surface area contributed by atoms with Crippen molar-refractivity contribution in [1.29, 1.82) is 0 Å². The molecule has 1 heterocycles. The molecule has 0 aliphatic heterocycles. The predicted octanol–water partition coefficient (Wildman–Crippen LogP) is 2.07. The van der Waals surface area contributed by atoms with Crippen LogP contribution >= 0.6 is 15.9 Å². The first-order valence-electron chi connectivity index (χ1n) is 3.96. The molecule has 0 unspecified atom stereocenters. The number of nitrogens with zero attached hydrogens (tertiary/aromatic N) is 2. The van der Waals surface area contributed by atoms with E-state index in [4.69, 9.17) is 4.74 Å². The lowest BCUT2D eigenvalue weighted by atomic mass is 10.3. The minimum absolute atomic E-state index is 0.208. The van der Waals surface area contributed by atoms with Crippen molar-refractivity contribution in [3.05, 3.63) is 27.9 Å². The minimum atomic E-state index is -0.545. The van der Waals surface area contributed by atoms with Crippen LogP contribution in [-0.2, 0) is 0 Å². The fourth-order valence-electron chi connectivity index (χ4n) is 0.922. The molecule has 0 atom stereocenters. The van der Waals surface area contributed by atoms with Gasteiger partial charge in [0.15, 0.2) is 0 Å². The van der Waals surface area contributed by atoms with E-state index in [1.54, 1.807) is 19.1 Å². The molecule has 0 saturated heterocycles. The Hall–Kier alpha value is -1.17. The molecular weight excluding hydrogens is 252 g/mol. The number of aryl methyl sites for hydroxylation is 1. The summed E-state index contributed by atoms with van der Waals surface area (Å²) in [7, 11) is 0. The van der Waals surface area contributed by atoms with Gasteiger partial charge in [0.2, 0.25) is 5.75 Å². The van der Waals surface area contributed by atoms with Gasteiger partial charge >= 0.3 is 5.82 Å². The van der Waals surface area contributed by atoms with Crippen LogP contribution < -0.4 is 4.74 Å². The fraction of sp³-hybridized carbons (Fsp3) is 0.375. The largest absolute Gasteiger partial charge is 0.485 e. The number of hydrogen-bond acceptors (Lipinski definition) is 4. The Kier molecular flexibility index (Phi) is 3.82. The lowest BCUT2D eigenvalue weighted by Gasteiger charge is -2.03. The maximum absolute atomic E-state index is 10.6. The summed E-state index contributed by atoms with van der Waals surface area (Å²) >= 11 is 3.17. The number of nitro groups is 1. The maximum atomic E-state index is 10.6. The monoisotopic (exact) mass is 260 g/mol. The second-order valence-corrected chi connectivity index (χ2v) is 3.36. The third-order valence-electron chi connectivity index (χ3n) is 1.49. The highest BCUT2D eigenvalue weighted by Gasteiger charge is 2.16. The van der Waals surface area contributed by atoms with Crippen LogP contribution in [0.3, 0.4) is 0 Å². The second-order valence-electron chi connectivity index (χ2n) is 2.57. The molecule has 1 rings (SSSR count). The number of alkyl halides is 1. The van der Waals surface area contributed by atoms with Crippen molar-refractivity contribution in [3.8, 4) is 5.75 Å². The standard InChI is InChI=1S/C8H9BrN2O3/c1-6-2-3-7(14-5-4-9)8(10-6)11(12)13/h2-3H,4-5H2,1H3. The molecular formula is C8H9BrN2O3. The van der Waals surface area contributed by atoms with Gasteiger partial charge < -0.3 is 14.9 Å². The van der Waals surface area contributed by atoms with Crippen LogP contribution in [0.5, 0.6) is 5.75 Å². The number of halogens is 1. The van der Waals surface area contributed by atoms with Crippen molar-refractivity contribution in [3.63, 3.8) is 0 Å². The zero-order valence-electron chi connectivity index (χ0n) is 7.57. The molecule has 0 saturated carbocycles. The van der Waals surface area contributed by atoms with Crippen LogP contribution in [0.4, 0.5) is 5.82 Å². The van der Waals surface area contributed by atoms with Gasteiger partial charge in [-0.3, -0.25) is 0 Å². The highest BCUT2D eigenvalue weighted by molar-refractivity contribution is 9.09. The molecule has 0 aliphatic carbocycles. The fourth-order valence-corrected chi connectivity index (χ4v) is 1.08. The Balaban J connectivity index is 2.96. The van der Waals surface area contributed by atoms with Crippen molar-refractivity contribution in [2.24, 2.45) is 0 Å². The van der Waals surface area contributed by atoms with Gasteiger partial charge in [-0.05, 0) is 22.0 Å². The van der Waals surface area contributed by atoms with Gasteiger partial charge in [0.25, 0.3) is 0 Å². The Morgan fingerprint density at radius 3 is 2.93 bits per heavy atom. The predicted molar refractivity (Wildman–Crippen MR) is 54.9 cm³/mol.